The van der Waals surface area contributed by atoms with Gasteiger partial charge < -0.3 is 10.2 Å². The molecule has 0 saturated heterocycles. The Hall–Kier alpha value is -1.50. The van der Waals surface area contributed by atoms with Crippen LogP contribution >= 0.6 is 0 Å². The van der Waals surface area contributed by atoms with Crippen LogP contribution in [0.15, 0.2) is 24.3 Å². The third-order valence-electron chi connectivity index (χ3n) is 2.76. The third-order valence-corrected chi connectivity index (χ3v) is 2.76. The summed E-state index contributed by atoms with van der Waals surface area (Å²) in [6.07, 6.45) is -0.795. The minimum atomic E-state index is -0.795. The standard InChI is InChI=1S/C12H18N2O4/c1-2-13(6-7-15)9-12(16)10-4-3-5-11(8-10)14(17)18/h3-5,8,12,15-16H,2,6-7,9H2,1H3. The maximum atomic E-state index is 10.6. The highest BCUT2D eigenvalue weighted by Gasteiger charge is 2.15. The lowest BCUT2D eigenvalue weighted by Gasteiger charge is -2.22. The minimum absolute atomic E-state index is 0.0233. The number of nitrogens with zero attached hydrogens (tertiary/aromatic N) is 2. The number of benzene rings is 1. The molecule has 0 radical (unpaired) electrons. The van der Waals surface area contributed by atoms with E-state index in [1.165, 1.54) is 12.1 Å². The van der Waals surface area contributed by atoms with E-state index in [-0.39, 0.29) is 12.3 Å². The highest BCUT2D eigenvalue weighted by molar-refractivity contribution is 5.35. The van der Waals surface area contributed by atoms with Crippen molar-refractivity contribution in [1.82, 2.24) is 4.90 Å². The summed E-state index contributed by atoms with van der Waals surface area (Å²) in [5, 5.41) is 29.5. The Balaban J connectivity index is 2.73. The Morgan fingerprint density at radius 2 is 2.22 bits per heavy atom. The van der Waals surface area contributed by atoms with Gasteiger partial charge in [0.1, 0.15) is 0 Å². The molecule has 0 saturated carbocycles. The topological polar surface area (TPSA) is 86.8 Å². The summed E-state index contributed by atoms with van der Waals surface area (Å²) >= 11 is 0. The highest BCUT2D eigenvalue weighted by Crippen LogP contribution is 2.19. The first-order valence-corrected chi connectivity index (χ1v) is 5.84. The van der Waals surface area contributed by atoms with Crippen LogP contribution in [0.2, 0.25) is 0 Å². The molecule has 6 heteroatoms. The largest absolute Gasteiger partial charge is 0.395 e. The Bertz CT molecular complexity index is 397. The van der Waals surface area contributed by atoms with Crippen molar-refractivity contribution in [1.29, 1.82) is 0 Å². The smallest absolute Gasteiger partial charge is 0.269 e. The monoisotopic (exact) mass is 254 g/mol. The summed E-state index contributed by atoms with van der Waals surface area (Å²) in [5.41, 5.74) is 0.484. The van der Waals surface area contributed by atoms with Crippen molar-refractivity contribution in [3.63, 3.8) is 0 Å². The van der Waals surface area contributed by atoms with E-state index < -0.39 is 11.0 Å². The lowest BCUT2D eigenvalue weighted by molar-refractivity contribution is -0.385. The molecule has 0 aliphatic heterocycles. The average Bonchev–Trinajstić information content (AvgIpc) is 2.38. The van der Waals surface area contributed by atoms with E-state index >= 15 is 0 Å². The summed E-state index contributed by atoms with van der Waals surface area (Å²) in [5.74, 6) is 0. The lowest BCUT2D eigenvalue weighted by atomic mass is 10.1. The van der Waals surface area contributed by atoms with E-state index in [0.29, 0.717) is 25.2 Å². The Morgan fingerprint density at radius 3 is 2.78 bits per heavy atom. The van der Waals surface area contributed by atoms with Crippen LogP contribution in [0, 0.1) is 10.1 Å². The van der Waals surface area contributed by atoms with Crippen molar-refractivity contribution < 1.29 is 15.1 Å². The second-order valence-electron chi connectivity index (χ2n) is 3.98. The molecule has 0 fully saturated rings. The maximum Gasteiger partial charge on any atom is 0.269 e. The molecule has 18 heavy (non-hydrogen) atoms. The van der Waals surface area contributed by atoms with Crippen molar-refractivity contribution in [3.05, 3.63) is 39.9 Å². The SMILES string of the molecule is CCN(CCO)CC(O)c1cccc([N+](=O)[O-])c1. The number of aliphatic hydroxyl groups excluding tert-OH is 2. The predicted octanol–water partition coefficient (Wildman–Crippen LogP) is 0.942. The summed E-state index contributed by atoms with van der Waals surface area (Å²) in [6.45, 7) is 3.47. The molecule has 0 aliphatic rings. The number of rotatable bonds is 7. The molecular weight excluding hydrogens is 236 g/mol. The van der Waals surface area contributed by atoms with Gasteiger partial charge in [0.05, 0.1) is 17.6 Å². The summed E-state index contributed by atoms with van der Waals surface area (Å²) < 4.78 is 0. The first-order chi connectivity index (χ1) is 8.58. The van der Waals surface area contributed by atoms with Crippen LogP contribution in [-0.2, 0) is 0 Å². The van der Waals surface area contributed by atoms with Crippen LogP contribution in [0.25, 0.3) is 0 Å². The molecule has 0 amide bonds. The van der Waals surface area contributed by atoms with Gasteiger partial charge in [-0.25, -0.2) is 0 Å². The van der Waals surface area contributed by atoms with E-state index in [2.05, 4.69) is 0 Å². The van der Waals surface area contributed by atoms with Crippen molar-refractivity contribution in [3.8, 4) is 0 Å². The lowest BCUT2D eigenvalue weighted by Crippen LogP contribution is -2.31. The zero-order valence-electron chi connectivity index (χ0n) is 10.3. The van der Waals surface area contributed by atoms with Gasteiger partial charge in [0, 0.05) is 25.2 Å². The maximum absolute atomic E-state index is 10.6. The minimum Gasteiger partial charge on any atom is -0.395 e. The number of hydrogen-bond acceptors (Lipinski definition) is 5. The summed E-state index contributed by atoms with van der Waals surface area (Å²) in [4.78, 5) is 12.0. The molecular formula is C12H18N2O4. The fraction of sp³-hybridized carbons (Fsp3) is 0.500. The van der Waals surface area contributed by atoms with E-state index in [1.54, 1.807) is 12.1 Å². The van der Waals surface area contributed by atoms with Crippen LogP contribution in [-0.4, -0.2) is 46.3 Å². The zero-order valence-corrected chi connectivity index (χ0v) is 10.3. The third kappa shape index (κ3) is 4.06. The van der Waals surface area contributed by atoms with E-state index in [0.717, 1.165) is 0 Å². The van der Waals surface area contributed by atoms with E-state index in [1.807, 2.05) is 11.8 Å². The van der Waals surface area contributed by atoms with Crippen molar-refractivity contribution >= 4 is 5.69 Å². The van der Waals surface area contributed by atoms with Gasteiger partial charge in [0.15, 0.2) is 0 Å². The average molecular weight is 254 g/mol. The fourth-order valence-electron chi connectivity index (χ4n) is 1.72. The number of likely N-dealkylation sites (N-methyl/N-ethyl adjacent to an activating group) is 1. The van der Waals surface area contributed by atoms with E-state index in [4.69, 9.17) is 5.11 Å². The van der Waals surface area contributed by atoms with Gasteiger partial charge in [-0.2, -0.15) is 0 Å². The molecule has 1 unspecified atom stereocenters. The van der Waals surface area contributed by atoms with Crippen molar-refractivity contribution in [2.24, 2.45) is 0 Å². The quantitative estimate of drug-likeness (QED) is 0.558. The Labute approximate surface area is 106 Å². The second kappa shape index (κ2) is 7.05. The Morgan fingerprint density at radius 1 is 1.50 bits per heavy atom. The Kier molecular flexibility index (Phi) is 5.70. The molecule has 0 bridgehead atoms. The van der Waals surface area contributed by atoms with Crippen LogP contribution < -0.4 is 0 Å². The molecule has 0 aliphatic carbocycles. The molecule has 1 atom stereocenters. The van der Waals surface area contributed by atoms with Crippen molar-refractivity contribution in [2.45, 2.75) is 13.0 Å². The molecule has 1 aromatic rings. The highest BCUT2D eigenvalue weighted by atomic mass is 16.6. The first kappa shape index (κ1) is 14.6. The number of non-ortho nitro benzene ring substituents is 1. The molecule has 2 N–H and O–H groups in total. The summed E-state index contributed by atoms with van der Waals surface area (Å²) in [7, 11) is 0. The van der Waals surface area contributed by atoms with Gasteiger partial charge in [-0.05, 0) is 12.1 Å². The normalized spacial score (nSPS) is 12.7. The molecule has 0 aromatic heterocycles. The number of hydrogen-bond donors (Lipinski definition) is 2. The van der Waals surface area contributed by atoms with Crippen molar-refractivity contribution in [2.75, 3.05) is 26.2 Å². The van der Waals surface area contributed by atoms with Gasteiger partial charge in [-0.1, -0.05) is 19.1 Å². The van der Waals surface area contributed by atoms with Crippen LogP contribution in [0.3, 0.4) is 0 Å². The molecule has 1 rings (SSSR count). The molecule has 0 heterocycles. The van der Waals surface area contributed by atoms with Crippen LogP contribution in [0.4, 0.5) is 5.69 Å². The molecule has 0 spiro atoms. The zero-order chi connectivity index (χ0) is 13.5. The van der Waals surface area contributed by atoms with Gasteiger partial charge in [0.2, 0.25) is 0 Å². The second-order valence-corrected chi connectivity index (χ2v) is 3.98. The van der Waals surface area contributed by atoms with Gasteiger partial charge in [0.25, 0.3) is 5.69 Å². The number of aliphatic hydroxyl groups is 2. The molecule has 6 nitrogen and oxygen atoms in total. The fourth-order valence-corrected chi connectivity index (χ4v) is 1.72. The number of nitro groups is 1. The van der Waals surface area contributed by atoms with Gasteiger partial charge in [-0.15, -0.1) is 0 Å². The molecule has 1 aromatic carbocycles. The van der Waals surface area contributed by atoms with Crippen LogP contribution in [0.1, 0.15) is 18.6 Å². The number of nitro benzene ring substituents is 1. The van der Waals surface area contributed by atoms with Gasteiger partial charge >= 0.3 is 0 Å². The predicted molar refractivity (Wildman–Crippen MR) is 67.3 cm³/mol. The van der Waals surface area contributed by atoms with E-state index in [9.17, 15) is 15.2 Å². The summed E-state index contributed by atoms with van der Waals surface area (Å²) in [6, 6.07) is 5.97. The molecule has 100 valence electrons. The van der Waals surface area contributed by atoms with Gasteiger partial charge in [-0.3, -0.25) is 15.0 Å². The first-order valence-electron chi connectivity index (χ1n) is 5.84. The van der Waals surface area contributed by atoms with Crippen LogP contribution in [0.5, 0.6) is 0 Å².